The fraction of sp³-hybridized carbons (Fsp3) is 0.700. The molecule has 0 aromatic heterocycles. The number of urea groups is 1. The Morgan fingerprint density at radius 1 is 1.36 bits per heavy atom. The highest BCUT2D eigenvalue weighted by Crippen LogP contribution is 1.83. The van der Waals surface area contributed by atoms with Crippen LogP contribution in [0.2, 0.25) is 0 Å². The third kappa shape index (κ3) is 8.90. The van der Waals surface area contributed by atoms with E-state index in [0.717, 1.165) is 25.8 Å². The predicted molar refractivity (Wildman–Crippen MR) is 57.1 cm³/mol. The SMILES string of the molecule is C=COCCCNC(=O)NCCCC. The lowest BCUT2D eigenvalue weighted by atomic mass is 10.3. The molecule has 0 spiro atoms. The zero-order valence-corrected chi connectivity index (χ0v) is 8.84. The molecule has 0 fully saturated rings. The third-order valence-electron chi connectivity index (χ3n) is 1.66. The van der Waals surface area contributed by atoms with Crippen LogP contribution in [0.25, 0.3) is 0 Å². The van der Waals surface area contributed by atoms with Gasteiger partial charge in [0.1, 0.15) is 0 Å². The second-order valence-corrected chi connectivity index (χ2v) is 2.93. The Bertz CT molecular complexity index is 160. The number of nitrogens with one attached hydrogen (secondary N) is 2. The zero-order valence-electron chi connectivity index (χ0n) is 8.84. The predicted octanol–water partition coefficient (Wildman–Crippen LogP) is 1.64. The summed E-state index contributed by atoms with van der Waals surface area (Å²) < 4.78 is 4.91. The fourth-order valence-corrected chi connectivity index (χ4v) is 0.882. The molecule has 0 saturated heterocycles. The largest absolute Gasteiger partial charge is 0.502 e. The van der Waals surface area contributed by atoms with Crippen molar-refractivity contribution >= 4 is 6.03 Å². The molecule has 14 heavy (non-hydrogen) atoms. The Kier molecular flexibility index (Phi) is 9.05. The van der Waals surface area contributed by atoms with Crippen molar-refractivity contribution in [1.29, 1.82) is 0 Å². The lowest BCUT2D eigenvalue weighted by Crippen LogP contribution is -2.36. The van der Waals surface area contributed by atoms with Gasteiger partial charge in [-0.1, -0.05) is 19.9 Å². The second kappa shape index (κ2) is 9.89. The van der Waals surface area contributed by atoms with Crippen LogP contribution in [0, 0.1) is 0 Å². The van der Waals surface area contributed by atoms with E-state index >= 15 is 0 Å². The normalized spacial score (nSPS) is 9.21. The molecule has 0 unspecified atom stereocenters. The van der Waals surface area contributed by atoms with E-state index in [1.807, 2.05) is 0 Å². The van der Waals surface area contributed by atoms with Gasteiger partial charge in [0.05, 0.1) is 12.9 Å². The summed E-state index contributed by atoms with van der Waals surface area (Å²) in [6.07, 6.45) is 4.31. The summed E-state index contributed by atoms with van der Waals surface area (Å²) in [5, 5.41) is 5.50. The van der Waals surface area contributed by atoms with Crippen LogP contribution in [0.15, 0.2) is 12.8 Å². The molecule has 2 N–H and O–H groups in total. The van der Waals surface area contributed by atoms with E-state index in [-0.39, 0.29) is 6.03 Å². The van der Waals surface area contributed by atoms with E-state index in [1.54, 1.807) is 0 Å². The summed E-state index contributed by atoms with van der Waals surface area (Å²) in [5.74, 6) is 0. The van der Waals surface area contributed by atoms with Crippen molar-refractivity contribution in [2.75, 3.05) is 19.7 Å². The Morgan fingerprint density at radius 2 is 2.00 bits per heavy atom. The third-order valence-corrected chi connectivity index (χ3v) is 1.66. The standard InChI is InChI=1S/C10H20N2O2/c1-3-5-7-11-10(13)12-8-6-9-14-4-2/h4H,2-3,5-9H2,1H3,(H2,11,12,13). The van der Waals surface area contributed by atoms with Gasteiger partial charge in [-0.15, -0.1) is 0 Å². The Labute approximate surface area is 85.7 Å². The van der Waals surface area contributed by atoms with Gasteiger partial charge in [0, 0.05) is 13.1 Å². The van der Waals surface area contributed by atoms with Gasteiger partial charge in [-0.25, -0.2) is 4.79 Å². The number of carbonyl (C=O) groups excluding carboxylic acids is 1. The Morgan fingerprint density at radius 3 is 2.57 bits per heavy atom. The van der Waals surface area contributed by atoms with Crippen molar-refractivity contribution in [3.63, 3.8) is 0 Å². The van der Waals surface area contributed by atoms with E-state index in [1.165, 1.54) is 6.26 Å². The highest BCUT2D eigenvalue weighted by molar-refractivity contribution is 5.73. The number of ether oxygens (including phenoxy) is 1. The number of carbonyl (C=O) groups is 1. The minimum atomic E-state index is -0.1000. The minimum Gasteiger partial charge on any atom is -0.502 e. The number of amides is 2. The molecule has 0 aromatic carbocycles. The zero-order chi connectivity index (χ0) is 10.6. The van der Waals surface area contributed by atoms with Gasteiger partial charge in [0.25, 0.3) is 0 Å². The molecule has 4 nitrogen and oxygen atoms in total. The average Bonchev–Trinajstić information content (AvgIpc) is 2.18. The van der Waals surface area contributed by atoms with E-state index in [0.29, 0.717) is 13.2 Å². The number of hydrogen-bond acceptors (Lipinski definition) is 2. The smallest absolute Gasteiger partial charge is 0.314 e. The molecular weight excluding hydrogens is 180 g/mol. The first-order valence-electron chi connectivity index (χ1n) is 5.05. The van der Waals surface area contributed by atoms with Gasteiger partial charge in [-0.3, -0.25) is 0 Å². The molecule has 0 aliphatic rings. The van der Waals surface area contributed by atoms with E-state index < -0.39 is 0 Å². The van der Waals surface area contributed by atoms with Crippen molar-refractivity contribution in [3.05, 3.63) is 12.8 Å². The second-order valence-electron chi connectivity index (χ2n) is 2.93. The summed E-state index contributed by atoms with van der Waals surface area (Å²) in [6.45, 7) is 7.48. The van der Waals surface area contributed by atoms with Gasteiger partial charge in [0.2, 0.25) is 0 Å². The average molecular weight is 200 g/mol. The quantitative estimate of drug-likeness (QED) is 0.462. The molecule has 82 valence electrons. The summed E-state index contributed by atoms with van der Waals surface area (Å²) in [7, 11) is 0. The molecule has 0 aliphatic heterocycles. The number of unbranched alkanes of at least 4 members (excludes halogenated alkanes) is 1. The maximum Gasteiger partial charge on any atom is 0.314 e. The monoisotopic (exact) mass is 200 g/mol. The molecular formula is C10H20N2O2. The highest BCUT2D eigenvalue weighted by atomic mass is 16.5. The lowest BCUT2D eigenvalue weighted by molar-refractivity contribution is 0.232. The van der Waals surface area contributed by atoms with Crippen LogP contribution < -0.4 is 10.6 Å². The molecule has 0 atom stereocenters. The van der Waals surface area contributed by atoms with Gasteiger partial charge >= 0.3 is 6.03 Å². The Balaban J connectivity index is 3.14. The van der Waals surface area contributed by atoms with Crippen LogP contribution in [0.5, 0.6) is 0 Å². The van der Waals surface area contributed by atoms with Crippen LogP contribution in [-0.2, 0) is 4.74 Å². The van der Waals surface area contributed by atoms with Crippen molar-refractivity contribution in [1.82, 2.24) is 10.6 Å². The molecule has 0 rings (SSSR count). The summed E-state index contributed by atoms with van der Waals surface area (Å²) in [6, 6.07) is -0.1000. The first-order chi connectivity index (χ1) is 6.81. The maximum atomic E-state index is 11.1. The molecule has 0 saturated carbocycles. The lowest BCUT2D eigenvalue weighted by Gasteiger charge is -2.06. The topological polar surface area (TPSA) is 50.4 Å². The van der Waals surface area contributed by atoms with Crippen LogP contribution in [0.4, 0.5) is 4.79 Å². The maximum absolute atomic E-state index is 11.1. The van der Waals surface area contributed by atoms with Crippen molar-refractivity contribution < 1.29 is 9.53 Å². The van der Waals surface area contributed by atoms with Gasteiger partial charge in [-0.05, 0) is 12.8 Å². The summed E-state index contributed by atoms with van der Waals surface area (Å²) >= 11 is 0. The van der Waals surface area contributed by atoms with Crippen LogP contribution in [0.3, 0.4) is 0 Å². The van der Waals surface area contributed by atoms with Crippen molar-refractivity contribution in [2.24, 2.45) is 0 Å². The molecule has 0 bridgehead atoms. The molecule has 4 heteroatoms. The molecule has 0 aliphatic carbocycles. The first kappa shape index (κ1) is 12.8. The molecule has 0 heterocycles. The van der Waals surface area contributed by atoms with E-state index in [9.17, 15) is 4.79 Å². The van der Waals surface area contributed by atoms with Crippen LogP contribution in [0.1, 0.15) is 26.2 Å². The first-order valence-corrected chi connectivity index (χ1v) is 5.05. The van der Waals surface area contributed by atoms with Gasteiger partial charge < -0.3 is 15.4 Å². The number of rotatable bonds is 8. The van der Waals surface area contributed by atoms with E-state index in [4.69, 9.17) is 4.74 Å². The number of hydrogen-bond donors (Lipinski definition) is 2. The fourth-order valence-electron chi connectivity index (χ4n) is 0.882. The summed E-state index contributed by atoms with van der Waals surface area (Å²) in [5.41, 5.74) is 0. The van der Waals surface area contributed by atoms with Gasteiger partial charge in [0.15, 0.2) is 0 Å². The highest BCUT2D eigenvalue weighted by Gasteiger charge is 1.96. The molecule has 2 amide bonds. The van der Waals surface area contributed by atoms with Crippen molar-refractivity contribution in [2.45, 2.75) is 26.2 Å². The van der Waals surface area contributed by atoms with Gasteiger partial charge in [-0.2, -0.15) is 0 Å². The Hall–Kier alpha value is -1.19. The molecule has 0 aromatic rings. The summed E-state index contributed by atoms with van der Waals surface area (Å²) in [4.78, 5) is 11.1. The van der Waals surface area contributed by atoms with Crippen LogP contribution in [-0.4, -0.2) is 25.7 Å². The van der Waals surface area contributed by atoms with Crippen LogP contribution >= 0.6 is 0 Å². The molecule has 0 radical (unpaired) electrons. The minimum absolute atomic E-state index is 0.1000. The van der Waals surface area contributed by atoms with E-state index in [2.05, 4.69) is 24.1 Å². The van der Waals surface area contributed by atoms with Crippen molar-refractivity contribution in [3.8, 4) is 0 Å².